The summed E-state index contributed by atoms with van der Waals surface area (Å²) in [5, 5.41) is 5.55. The molecule has 0 heterocycles. The summed E-state index contributed by atoms with van der Waals surface area (Å²) in [6.45, 7) is 0. The number of allylic oxidation sites excluding steroid dienone is 6. The second-order valence-corrected chi connectivity index (χ2v) is 5.11. The van der Waals surface area contributed by atoms with Crippen molar-refractivity contribution in [1.29, 1.82) is 0 Å². The van der Waals surface area contributed by atoms with Crippen molar-refractivity contribution in [2.24, 2.45) is 0 Å². The molecule has 0 unspecified atom stereocenters. The van der Waals surface area contributed by atoms with Crippen molar-refractivity contribution in [2.75, 3.05) is 7.05 Å². The van der Waals surface area contributed by atoms with Gasteiger partial charge in [-0.05, 0) is 36.5 Å². The largest absolute Gasteiger partial charge is 0.357 e. The van der Waals surface area contributed by atoms with Crippen molar-refractivity contribution in [3.8, 4) is 0 Å². The SMILES string of the molecule is CNC(=O)C1(NC(=O)C2=C3C=CC=C3C=C2)CCC1. The fourth-order valence-corrected chi connectivity index (χ4v) is 2.75. The normalized spacial score (nSPS) is 21.8. The number of rotatable bonds is 3. The molecule has 0 spiro atoms. The summed E-state index contributed by atoms with van der Waals surface area (Å²) in [6.07, 6.45) is 12.0. The molecule has 19 heavy (non-hydrogen) atoms. The van der Waals surface area contributed by atoms with Gasteiger partial charge in [0, 0.05) is 12.6 Å². The Bertz CT molecular complexity index is 575. The van der Waals surface area contributed by atoms with E-state index in [0.717, 1.165) is 17.6 Å². The van der Waals surface area contributed by atoms with Gasteiger partial charge in [-0.2, -0.15) is 0 Å². The lowest BCUT2D eigenvalue weighted by Gasteiger charge is -2.40. The smallest absolute Gasteiger partial charge is 0.252 e. The van der Waals surface area contributed by atoms with Crippen molar-refractivity contribution >= 4 is 11.8 Å². The highest BCUT2D eigenvalue weighted by molar-refractivity contribution is 6.04. The van der Waals surface area contributed by atoms with E-state index in [4.69, 9.17) is 0 Å². The molecule has 1 saturated carbocycles. The second kappa shape index (κ2) is 4.23. The van der Waals surface area contributed by atoms with Crippen LogP contribution in [0.4, 0.5) is 0 Å². The topological polar surface area (TPSA) is 58.2 Å². The summed E-state index contributed by atoms with van der Waals surface area (Å²) >= 11 is 0. The van der Waals surface area contributed by atoms with Crippen molar-refractivity contribution in [1.82, 2.24) is 10.6 Å². The van der Waals surface area contributed by atoms with E-state index in [1.165, 1.54) is 0 Å². The Morgan fingerprint density at radius 2 is 2.00 bits per heavy atom. The lowest BCUT2D eigenvalue weighted by atomic mass is 9.75. The highest BCUT2D eigenvalue weighted by Crippen LogP contribution is 2.34. The zero-order valence-corrected chi connectivity index (χ0v) is 10.8. The molecule has 98 valence electrons. The monoisotopic (exact) mass is 256 g/mol. The standard InChI is InChI=1S/C15H16N2O2/c1-16-14(19)15(8-3-9-15)17-13(18)12-7-6-10-4-2-5-11(10)12/h2,4-7H,3,8-9H2,1H3,(H,16,19)(H,17,18). The van der Waals surface area contributed by atoms with Gasteiger partial charge in [-0.1, -0.05) is 24.3 Å². The predicted molar refractivity (Wildman–Crippen MR) is 72.2 cm³/mol. The number of amides is 2. The molecule has 3 aliphatic rings. The number of hydrogen-bond acceptors (Lipinski definition) is 2. The van der Waals surface area contributed by atoms with Crippen molar-refractivity contribution in [3.63, 3.8) is 0 Å². The van der Waals surface area contributed by atoms with E-state index in [1.807, 2.05) is 30.4 Å². The highest BCUT2D eigenvalue weighted by atomic mass is 16.2. The van der Waals surface area contributed by atoms with Crippen LogP contribution in [0.25, 0.3) is 0 Å². The fourth-order valence-electron chi connectivity index (χ4n) is 2.75. The molecular weight excluding hydrogens is 240 g/mol. The maximum Gasteiger partial charge on any atom is 0.252 e. The summed E-state index contributed by atoms with van der Waals surface area (Å²) in [6, 6.07) is 0. The zero-order valence-electron chi connectivity index (χ0n) is 10.8. The molecule has 2 N–H and O–H groups in total. The van der Waals surface area contributed by atoms with Gasteiger partial charge in [0.1, 0.15) is 5.54 Å². The van der Waals surface area contributed by atoms with Crippen LogP contribution in [-0.4, -0.2) is 24.4 Å². The molecule has 0 aliphatic heterocycles. The Hall–Kier alpha value is -2.10. The lowest BCUT2D eigenvalue weighted by molar-refractivity contribution is -0.135. The van der Waals surface area contributed by atoms with Crippen LogP contribution in [0.2, 0.25) is 0 Å². The molecule has 0 saturated heterocycles. The molecule has 4 nitrogen and oxygen atoms in total. The van der Waals surface area contributed by atoms with Crippen LogP contribution in [-0.2, 0) is 9.59 Å². The van der Waals surface area contributed by atoms with E-state index in [0.29, 0.717) is 18.4 Å². The number of carbonyl (C=O) groups is 2. The average molecular weight is 256 g/mol. The molecular formula is C15H16N2O2. The van der Waals surface area contributed by atoms with Gasteiger partial charge < -0.3 is 10.6 Å². The van der Waals surface area contributed by atoms with Crippen LogP contribution in [0, 0.1) is 0 Å². The minimum absolute atomic E-state index is 0.0996. The van der Waals surface area contributed by atoms with Gasteiger partial charge in [0.15, 0.2) is 0 Å². The van der Waals surface area contributed by atoms with Crippen LogP contribution < -0.4 is 10.6 Å². The van der Waals surface area contributed by atoms with Gasteiger partial charge in [0.2, 0.25) is 5.91 Å². The maximum absolute atomic E-state index is 12.4. The summed E-state index contributed by atoms with van der Waals surface area (Å²) in [5.41, 5.74) is 1.95. The van der Waals surface area contributed by atoms with Gasteiger partial charge in [-0.15, -0.1) is 0 Å². The second-order valence-electron chi connectivity index (χ2n) is 5.11. The van der Waals surface area contributed by atoms with Crippen LogP contribution in [0.1, 0.15) is 19.3 Å². The van der Waals surface area contributed by atoms with E-state index in [1.54, 1.807) is 7.05 Å². The molecule has 0 atom stereocenters. The van der Waals surface area contributed by atoms with Crippen molar-refractivity contribution in [3.05, 3.63) is 47.1 Å². The zero-order chi connectivity index (χ0) is 13.5. The Balaban J connectivity index is 1.81. The molecule has 1 fully saturated rings. The highest BCUT2D eigenvalue weighted by Gasteiger charge is 2.45. The first-order valence-corrected chi connectivity index (χ1v) is 6.52. The molecule has 0 bridgehead atoms. The quantitative estimate of drug-likeness (QED) is 0.795. The number of nitrogens with one attached hydrogen (secondary N) is 2. The van der Waals surface area contributed by atoms with E-state index in [2.05, 4.69) is 10.6 Å². The molecule has 0 aromatic heterocycles. The summed E-state index contributed by atoms with van der Waals surface area (Å²) in [4.78, 5) is 24.3. The molecule has 3 rings (SSSR count). The van der Waals surface area contributed by atoms with Gasteiger partial charge in [-0.25, -0.2) is 0 Å². The Kier molecular flexibility index (Phi) is 2.66. The third kappa shape index (κ3) is 1.75. The van der Waals surface area contributed by atoms with Gasteiger partial charge in [-0.3, -0.25) is 9.59 Å². The van der Waals surface area contributed by atoms with Crippen molar-refractivity contribution in [2.45, 2.75) is 24.8 Å². The van der Waals surface area contributed by atoms with Gasteiger partial charge in [0.05, 0.1) is 0 Å². The van der Waals surface area contributed by atoms with Crippen molar-refractivity contribution < 1.29 is 9.59 Å². The Morgan fingerprint density at radius 1 is 1.21 bits per heavy atom. The molecule has 0 aromatic carbocycles. The summed E-state index contributed by atoms with van der Waals surface area (Å²) in [5.74, 6) is -0.262. The molecule has 2 amide bonds. The number of hydrogen-bond donors (Lipinski definition) is 2. The number of carbonyl (C=O) groups excluding carboxylic acids is 2. The van der Waals surface area contributed by atoms with E-state index >= 15 is 0 Å². The first-order chi connectivity index (χ1) is 9.16. The van der Waals surface area contributed by atoms with E-state index in [9.17, 15) is 9.59 Å². The van der Waals surface area contributed by atoms with Crippen LogP contribution in [0.5, 0.6) is 0 Å². The summed E-state index contributed by atoms with van der Waals surface area (Å²) in [7, 11) is 1.60. The number of likely N-dealkylation sites (N-methyl/N-ethyl adjacent to an activating group) is 1. The van der Waals surface area contributed by atoms with Crippen LogP contribution >= 0.6 is 0 Å². The third-order valence-electron chi connectivity index (χ3n) is 4.04. The van der Waals surface area contributed by atoms with Gasteiger partial charge >= 0.3 is 0 Å². The predicted octanol–water partition coefficient (Wildman–Crippen LogP) is 1.13. The molecule has 4 heteroatoms. The van der Waals surface area contributed by atoms with E-state index < -0.39 is 5.54 Å². The first kappa shape index (κ1) is 12.0. The Morgan fingerprint density at radius 3 is 2.63 bits per heavy atom. The van der Waals surface area contributed by atoms with Crippen LogP contribution in [0.3, 0.4) is 0 Å². The lowest BCUT2D eigenvalue weighted by Crippen LogP contribution is -2.62. The Labute approximate surface area is 111 Å². The maximum atomic E-state index is 12.4. The minimum Gasteiger partial charge on any atom is -0.357 e. The number of fused-ring (bicyclic) bond motifs is 1. The van der Waals surface area contributed by atoms with E-state index in [-0.39, 0.29) is 11.8 Å². The molecule has 0 aromatic rings. The fraction of sp³-hybridized carbons (Fsp3) is 0.333. The third-order valence-corrected chi connectivity index (χ3v) is 4.04. The average Bonchev–Trinajstić information content (AvgIpc) is 2.94. The minimum atomic E-state index is -0.706. The van der Waals surface area contributed by atoms with Gasteiger partial charge in [0.25, 0.3) is 5.91 Å². The van der Waals surface area contributed by atoms with Crippen LogP contribution in [0.15, 0.2) is 47.1 Å². The summed E-state index contributed by atoms with van der Waals surface area (Å²) < 4.78 is 0. The molecule has 3 aliphatic carbocycles. The first-order valence-electron chi connectivity index (χ1n) is 6.52. The molecule has 0 radical (unpaired) electrons.